The van der Waals surface area contributed by atoms with E-state index in [9.17, 15) is 4.79 Å². The number of carbonyl (C=O) groups excluding carboxylic acids is 1. The van der Waals surface area contributed by atoms with E-state index >= 15 is 0 Å². The minimum Gasteiger partial charge on any atom is -0.495 e. The number of nitrogens with one attached hydrogen (secondary N) is 1. The molecule has 6 heteroatoms. The molecule has 0 saturated heterocycles. The lowest BCUT2D eigenvalue weighted by molar-refractivity contribution is -0.110. The predicted octanol–water partition coefficient (Wildman–Crippen LogP) is 0.987. The Bertz CT molecular complexity index is 463. The third-order valence-electron chi connectivity index (χ3n) is 1.78. The number of hydrogen-bond acceptors (Lipinski definition) is 5. The number of para-hydroxylation sites is 2. The van der Waals surface area contributed by atoms with Gasteiger partial charge in [-0.3, -0.25) is 4.79 Å². The van der Waals surface area contributed by atoms with Gasteiger partial charge in [-0.05, 0) is 12.1 Å². The first-order chi connectivity index (χ1) is 7.72. The van der Waals surface area contributed by atoms with E-state index in [1.54, 1.807) is 24.3 Å². The maximum Gasteiger partial charge on any atom is 0.288 e. The molecule has 0 fully saturated rings. The highest BCUT2D eigenvalue weighted by molar-refractivity contribution is 6.48. The number of anilines is 1. The highest BCUT2D eigenvalue weighted by Gasteiger charge is 2.13. The van der Waals surface area contributed by atoms with Crippen molar-refractivity contribution in [1.82, 2.24) is 0 Å². The van der Waals surface area contributed by atoms with Crippen molar-refractivity contribution in [2.24, 2.45) is 5.16 Å². The minimum atomic E-state index is -0.797. The Balaban J connectivity index is 2.90. The first-order valence-corrected chi connectivity index (χ1v) is 4.29. The van der Waals surface area contributed by atoms with Crippen molar-refractivity contribution in [2.75, 3.05) is 12.4 Å². The third kappa shape index (κ3) is 2.48. The highest BCUT2D eigenvalue weighted by atomic mass is 16.5. The molecule has 0 spiro atoms. The normalized spacial score (nSPS) is 10.4. The summed E-state index contributed by atoms with van der Waals surface area (Å²) in [7, 11) is 1.45. The van der Waals surface area contributed by atoms with Gasteiger partial charge in [0.25, 0.3) is 5.91 Å². The van der Waals surface area contributed by atoms with E-state index in [1.165, 1.54) is 13.2 Å². The molecule has 2 N–H and O–H groups in total. The van der Waals surface area contributed by atoms with Gasteiger partial charge in [-0.2, -0.15) is 5.26 Å². The van der Waals surface area contributed by atoms with Crippen LogP contribution in [-0.4, -0.2) is 23.9 Å². The van der Waals surface area contributed by atoms with Crippen LogP contribution in [0.4, 0.5) is 5.69 Å². The van der Waals surface area contributed by atoms with Crippen molar-refractivity contribution in [3.05, 3.63) is 24.3 Å². The summed E-state index contributed by atoms with van der Waals surface area (Å²) in [6.07, 6.45) is 0. The molecule has 82 valence electrons. The van der Waals surface area contributed by atoms with E-state index in [-0.39, 0.29) is 0 Å². The summed E-state index contributed by atoms with van der Waals surface area (Å²) < 4.78 is 4.99. The number of amides is 1. The molecule has 0 radical (unpaired) electrons. The monoisotopic (exact) mass is 219 g/mol. The Kier molecular flexibility index (Phi) is 3.86. The molecule has 16 heavy (non-hydrogen) atoms. The molecule has 0 unspecified atom stereocenters. The maximum absolute atomic E-state index is 11.4. The molecule has 0 atom stereocenters. The number of ether oxygens (including phenoxy) is 1. The van der Waals surface area contributed by atoms with E-state index in [4.69, 9.17) is 15.2 Å². The first kappa shape index (κ1) is 11.5. The van der Waals surface area contributed by atoms with Gasteiger partial charge in [0.05, 0.1) is 12.8 Å². The number of methoxy groups -OCH3 is 1. The molecule has 0 aliphatic rings. The Labute approximate surface area is 91.8 Å². The fourth-order valence-electron chi connectivity index (χ4n) is 1.05. The third-order valence-corrected chi connectivity index (χ3v) is 1.78. The average molecular weight is 219 g/mol. The van der Waals surface area contributed by atoms with Crippen LogP contribution < -0.4 is 10.1 Å². The number of oxime groups is 1. The first-order valence-electron chi connectivity index (χ1n) is 4.29. The summed E-state index contributed by atoms with van der Waals surface area (Å²) in [6, 6.07) is 8.14. The number of benzene rings is 1. The summed E-state index contributed by atoms with van der Waals surface area (Å²) in [5.41, 5.74) is -0.225. The van der Waals surface area contributed by atoms with E-state index in [0.717, 1.165) is 0 Å². The van der Waals surface area contributed by atoms with Gasteiger partial charge in [-0.1, -0.05) is 17.3 Å². The summed E-state index contributed by atoms with van der Waals surface area (Å²) in [5.74, 6) is -0.347. The Morgan fingerprint density at radius 1 is 1.56 bits per heavy atom. The fraction of sp³-hybridized carbons (Fsp3) is 0.100. The summed E-state index contributed by atoms with van der Waals surface area (Å²) in [6.45, 7) is 0. The average Bonchev–Trinajstić information content (AvgIpc) is 2.31. The number of rotatable bonds is 3. The van der Waals surface area contributed by atoms with Crippen LogP contribution in [0.25, 0.3) is 0 Å². The van der Waals surface area contributed by atoms with Crippen LogP contribution in [0.3, 0.4) is 0 Å². The number of carbonyl (C=O) groups is 1. The van der Waals surface area contributed by atoms with Crippen LogP contribution >= 0.6 is 0 Å². The lowest BCUT2D eigenvalue weighted by Crippen LogP contribution is -2.21. The van der Waals surface area contributed by atoms with E-state index in [2.05, 4.69) is 10.5 Å². The second kappa shape index (κ2) is 5.36. The summed E-state index contributed by atoms with van der Waals surface area (Å²) >= 11 is 0. The number of nitriles is 1. The van der Waals surface area contributed by atoms with Crippen LogP contribution in [0.2, 0.25) is 0 Å². The second-order valence-corrected chi connectivity index (χ2v) is 2.71. The van der Waals surface area contributed by atoms with Crippen molar-refractivity contribution in [3.8, 4) is 11.8 Å². The Hall–Kier alpha value is -2.55. The lowest BCUT2D eigenvalue weighted by atomic mass is 10.2. The molecular weight excluding hydrogens is 210 g/mol. The zero-order valence-electron chi connectivity index (χ0n) is 8.47. The standard InChI is InChI=1S/C10H9N3O3/c1-16-9-5-3-2-4-7(9)12-10(14)8(6-11)13-15/h2-5,15H,1H3,(H,12,14). The molecule has 6 nitrogen and oxygen atoms in total. The maximum atomic E-state index is 11.4. The molecule has 1 aromatic rings. The Morgan fingerprint density at radius 2 is 2.25 bits per heavy atom. The molecule has 1 aromatic carbocycles. The molecule has 0 aliphatic heterocycles. The van der Waals surface area contributed by atoms with Crippen LogP contribution in [0.1, 0.15) is 0 Å². The van der Waals surface area contributed by atoms with Crippen molar-refractivity contribution in [1.29, 1.82) is 5.26 Å². The smallest absolute Gasteiger partial charge is 0.288 e. The quantitative estimate of drug-likeness (QED) is 0.450. The predicted molar refractivity (Wildman–Crippen MR) is 56.5 cm³/mol. The van der Waals surface area contributed by atoms with E-state index in [1.807, 2.05) is 0 Å². The minimum absolute atomic E-state index is 0.395. The van der Waals surface area contributed by atoms with Gasteiger partial charge in [-0.15, -0.1) is 0 Å². The van der Waals surface area contributed by atoms with Crippen LogP contribution in [0.15, 0.2) is 29.4 Å². The molecule has 0 aliphatic carbocycles. The van der Waals surface area contributed by atoms with Crippen LogP contribution in [0, 0.1) is 11.3 Å². The number of nitrogens with zero attached hydrogens (tertiary/aromatic N) is 2. The number of hydrogen-bond donors (Lipinski definition) is 2. The highest BCUT2D eigenvalue weighted by Crippen LogP contribution is 2.22. The van der Waals surface area contributed by atoms with Crippen molar-refractivity contribution < 1.29 is 14.7 Å². The molecule has 0 saturated carbocycles. The van der Waals surface area contributed by atoms with Gasteiger partial charge in [0.1, 0.15) is 11.8 Å². The molecule has 1 rings (SSSR count). The Morgan fingerprint density at radius 3 is 2.81 bits per heavy atom. The summed E-state index contributed by atoms with van der Waals surface area (Å²) in [4.78, 5) is 11.4. The lowest BCUT2D eigenvalue weighted by Gasteiger charge is -2.07. The van der Waals surface area contributed by atoms with Crippen LogP contribution in [-0.2, 0) is 4.79 Å². The summed E-state index contributed by atoms with van der Waals surface area (Å²) in [5, 5.41) is 21.8. The topological polar surface area (TPSA) is 94.7 Å². The largest absolute Gasteiger partial charge is 0.495 e. The van der Waals surface area contributed by atoms with Gasteiger partial charge in [0.2, 0.25) is 5.71 Å². The molecule has 0 bridgehead atoms. The molecular formula is C10H9N3O3. The van der Waals surface area contributed by atoms with Gasteiger partial charge >= 0.3 is 0 Å². The zero-order chi connectivity index (χ0) is 12.0. The van der Waals surface area contributed by atoms with E-state index in [0.29, 0.717) is 11.4 Å². The van der Waals surface area contributed by atoms with E-state index < -0.39 is 11.6 Å². The van der Waals surface area contributed by atoms with Crippen molar-refractivity contribution in [3.63, 3.8) is 0 Å². The van der Waals surface area contributed by atoms with Gasteiger partial charge in [0, 0.05) is 0 Å². The van der Waals surface area contributed by atoms with Crippen molar-refractivity contribution >= 4 is 17.3 Å². The van der Waals surface area contributed by atoms with Gasteiger partial charge < -0.3 is 15.3 Å². The van der Waals surface area contributed by atoms with Gasteiger partial charge in [0.15, 0.2) is 0 Å². The fourth-order valence-corrected chi connectivity index (χ4v) is 1.05. The zero-order valence-corrected chi connectivity index (χ0v) is 8.47. The molecule has 0 heterocycles. The van der Waals surface area contributed by atoms with Gasteiger partial charge in [-0.25, -0.2) is 0 Å². The SMILES string of the molecule is COc1ccccc1NC(=O)C(C#N)=NO. The second-order valence-electron chi connectivity index (χ2n) is 2.71. The van der Waals surface area contributed by atoms with Crippen LogP contribution in [0.5, 0.6) is 5.75 Å². The molecule has 1 amide bonds. The van der Waals surface area contributed by atoms with Crippen molar-refractivity contribution in [2.45, 2.75) is 0 Å². The molecule has 0 aromatic heterocycles.